The van der Waals surface area contributed by atoms with Crippen molar-refractivity contribution in [3.8, 4) is 0 Å². The molecule has 0 fully saturated rings. The second kappa shape index (κ2) is 5.31. The number of aliphatic hydroxyl groups is 1. The lowest BCUT2D eigenvalue weighted by atomic mass is 10.5. The molecule has 0 saturated carbocycles. The van der Waals surface area contributed by atoms with Gasteiger partial charge >= 0.3 is 21.8 Å². The molecule has 0 bridgehead atoms. The molecule has 0 amide bonds. The molecule has 8 nitrogen and oxygen atoms in total. The minimum absolute atomic E-state index is 0.502. The van der Waals surface area contributed by atoms with Crippen LogP contribution in [0.5, 0.6) is 0 Å². The van der Waals surface area contributed by atoms with Gasteiger partial charge in [0, 0.05) is 4.57 Å². The average molecular weight is 245 g/mol. The molecule has 0 saturated heterocycles. The lowest BCUT2D eigenvalue weighted by Crippen LogP contribution is -2.05. The Morgan fingerprint density at radius 3 is 2.29 bits per heavy atom. The molecule has 0 aliphatic carbocycles. The molecule has 0 radical (unpaired) electrons. The van der Waals surface area contributed by atoms with Crippen LogP contribution in [0.15, 0.2) is 11.4 Å². The molecule has 0 heterocycles. The van der Waals surface area contributed by atoms with E-state index in [4.69, 9.17) is 19.8 Å². The van der Waals surface area contributed by atoms with Gasteiger partial charge in [0.05, 0.1) is 6.61 Å². The lowest BCUT2D eigenvalue weighted by Gasteiger charge is -2.02. The highest BCUT2D eigenvalue weighted by molar-refractivity contribution is 7.58. The smallest absolute Gasteiger partial charge is 0.392 e. The minimum Gasteiger partial charge on any atom is -0.392 e. The van der Waals surface area contributed by atoms with Crippen molar-refractivity contribution in [3.05, 3.63) is 11.4 Å². The van der Waals surface area contributed by atoms with Gasteiger partial charge in [-0.05, 0) is 6.08 Å². The first-order valence-corrected chi connectivity index (χ1v) is 5.79. The van der Waals surface area contributed by atoms with Gasteiger partial charge in [-0.3, -0.25) is 4.57 Å². The van der Waals surface area contributed by atoms with E-state index in [2.05, 4.69) is 4.52 Å². The van der Waals surface area contributed by atoms with Gasteiger partial charge in [-0.2, -0.15) is 4.52 Å². The van der Waals surface area contributed by atoms with E-state index in [1.807, 2.05) is 0 Å². The zero-order valence-electron chi connectivity index (χ0n) is 6.60. The van der Waals surface area contributed by atoms with Crippen LogP contribution in [0.1, 0.15) is 0 Å². The highest BCUT2D eigenvalue weighted by atomic mass is 31.2. The van der Waals surface area contributed by atoms with E-state index < -0.39 is 33.7 Å². The van der Waals surface area contributed by atoms with Gasteiger partial charge in [0.2, 0.25) is 0 Å². The van der Waals surface area contributed by atoms with E-state index >= 15 is 0 Å². The Labute approximate surface area is 78.9 Å². The maximum Gasteiger partial charge on any atom is 0.750 e. The number of hydrogen-bond donors (Lipinski definition) is 4. The summed E-state index contributed by atoms with van der Waals surface area (Å²) in [6.07, 6.45) is 0.502. The molecule has 10 heteroatoms. The number of carbonyl (C=O) groups excluding carboxylic acids is 1. The first kappa shape index (κ1) is 13.4. The first-order valence-electron chi connectivity index (χ1n) is 3.04. The monoisotopic (exact) mass is 245 g/mol. The Hall–Kier alpha value is -0.620. The SMILES string of the molecule is O=C(O[P+](=O)O)C(=CCO)P(=O)(O)O. The van der Waals surface area contributed by atoms with E-state index in [-0.39, 0.29) is 0 Å². The van der Waals surface area contributed by atoms with Gasteiger partial charge in [-0.25, -0.2) is 4.79 Å². The summed E-state index contributed by atoms with van der Waals surface area (Å²) < 4.78 is 24.2. The van der Waals surface area contributed by atoms with Gasteiger partial charge in [0.25, 0.3) is 0 Å². The Morgan fingerprint density at radius 2 is 2.00 bits per heavy atom. The highest BCUT2D eigenvalue weighted by Crippen LogP contribution is 2.46. The summed E-state index contributed by atoms with van der Waals surface area (Å²) in [5.41, 5.74) is 0. The molecule has 0 aliphatic rings. The van der Waals surface area contributed by atoms with Crippen LogP contribution in [0.3, 0.4) is 0 Å². The van der Waals surface area contributed by atoms with Crippen LogP contribution >= 0.6 is 15.9 Å². The number of aliphatic hydroxyl groups excluding tert-OH is 1. The molecule has 0 aromatic heterocycles. The molecule has 0 aromatic carbocycles. The summed E-state index contributed by atoms with van der Waals surface area (Å²) in [4.78, 5) is 36.0. The molecule has 0 spiro atoms. The van der Waals surface area contributed by atoms with Crippen LogP contribution in [0.4, 0.5) is 0 Å². The topological polar surface area (TPSA) is 141 Å². The van der Waals surface area contributed by atoms with Crippen molar-refractivity contribution in [2.75, 3.05) is 6.61 Å². The molecular weight excluding hydrogens is 238 g/mol. The van der Waals surface area contributed by atoms with E-state index in [0.717, 1.165) is 0 Å². The van der Waals surface area contributed by atoms with E-state index in [0.29, 0.717) is 6.08 Å². The largest absolute Gasteiger partial charge is 0.750 e. The van der Waals surface area contributed by atoms with Crippen molar-refractivity contribution < 1.29 is 38.2 Å². The third-order valence-corrected chi connectivity index (χ3v) is 2.28. The van der Waals surface area contributed by atoms with Gasteiger partial charge < -0.3 is 14.9 Å². The maximum atomic E-state index is 10.8. The van der Waals surface area contributed by atoms with E-state index in [1.165, 1.54) is 0 Å². The second-order valence-electron chi connectivity index (χ2n) is 1.93. The van der Waals surface area contributed by atoms with Crippen LogP contribution in [0, 0.1) is 0 Å². The average Bonchev–Trinajstić information content (AvgIpc) is 1.96. The summed E-state index contributed by atoms with van der Waals surface area (Å²) in [6.45, 7) is -0.808. The Balaban J connectivity index is 4.87. The highest BCUT2D eigenvalue weighted by Gasteiger charge is 2.34. The molecule has 80 valence electrons. The summed E-state index contributed by atoms with van der Waals surface area (Å²) in [6, 6.07) is 0. The van der Waals surface area contributed by atoms with Crippen molar-refractivity contribution >= 4 is 21.8 Å². The number of rotatable bonds is 4. The molecule has 14 heavy (non-hydrogen) atoms. The van der Waals surface area contributed by atoms with Gasteiger partial charge in [0.1, 0.15) is 0 Å². The van der Waals surface area contributed by atoms with Crippen molar-refractivity contribution in [2.24, 2.45) is 0 Å². The van der Waals surface area contributed by atoms with Crippen LogP contribution in [0.25, 0.3) is 0 Å². The summed E-state index contributed by atoms with van der Waals surface area (Å²) in [5, 5.41) is 7.16. The standard InChI is InChI=1S/C4H6O8P2/c5-2-1-3(14(9,10)11)4(6)12-13(7)8/h1,5H,2H2,(H2-,7,8,9,10,11)/p+1. The summed E-state index contributed by atoms with van der Waals surface area (Å²) >= 11 is 0. The molecular formula is C4H7O8P2+. The molecule has 1 atom stereocenters. The minimum atomic E-state index is -4.92. The van der Waals surface area contributed by atoms with Crippen molar-refractivity contribution in [1.82, 2.24) is 0 Å². The summed E-state index contributed by atoms with van der Waals surface area (Å²) in [5.74, 6) is -1.64. The van der Waals surface area contributed by atoms with Crippen molar-refractivity contribution in [1.29, 1.82) is 0 Å². The third-order valence-electron chi connectivity index (χ3n) is 0.969. The zero-order valence-corrected chi connectivity index (χ0v) is 8.39. The van der Waals surface area contributed by atoms with Crippen LogP contribution in [0.2, 0.25) is 0 Å². The lowest BCUT2D eigenvalue weighted by molar-refractivity contribution is -0.129. The van der Waals surface area contributed by atoms with Gasteiger partial charge in [-0.15, -0.1) is 4.89 Å². The van der Waals surface area contributed by atoms with Crippen LogP contribution < -0.4 is 0 Å². The normalized spacial score (nSPS) is 13.7. The Morgan fingerprint density at radius 1 is 1.50 bits per heavy atom. The van der Waals surface area contributed by atoms with Gasteiger partial charge in [0.15, 0.2) is 5.31 Å². The molecule has 4 N–H and O–H groups in total. The Bertz CT molecular complexity index is 313. The quantitative estimate of drug-likeness (QED) is 0.373. The van der Waals surface area contributed by atoms with E-state index in [1.54, 1.807) is 0 Å². The predicted octanol–water partition coefficient (Wildman–Crippen LogP) is -0.767. The number of hydrogen-bond acceptors (Lipinski definition) is 5. The second-order valence-corrected chi connectivity index (χ2v) is 4.16. The maximum absolute atomic E-state index is 10.8. The molecule has 0 rings (SSSR count). The van der Waals surface area contributed by atoms with Crippen molar-refractivity contribution in [2.45, 2.75) is 0 Å². The van der Waals surface area contributed by atoms with Crippen molar-refractivity contribution in [3.63, 3.8) is 0 Å². The predicted molar refractivity (Wildman–Crippen MR) is 43.1 cm³/mol. The first-order chi connectivity index (χ1) is 6.29. The number of carbonyl (C=O) groups is 1. The zero-order chi connectivity index (χ0) is 11.4. The molecule has 0 aliphatic heterocycles. The van der Waals surface area contributed by atoms with E-state index in [9.17, 15) is 13.9 Å². The van der Waals surface area contributed by atoms with Crippen LogP contribution in [-0.2, 0) is 18.4 Å². The fourth-order valence-electron chi connectivity index (χ4n) is 0.525. The Kier molecular flexibility index (Phi) is 5.07. The third kappa shape index (κ3) is 4.57. The molecule has 0 aromatic rings. The fourth-order valence-corrected chi connectivity index (χ4v) is 1.44. The summed E-state index contributed by atoms with van der Waals surface area (Å²) in [7, 11) is -8.21. The van der Waals surface area contributed by atoms with Gasteiger partial charge in [-0.1, -0.05) is 0 Å². The fraction of sp³-hybridized carbons (Fsp3) is 0.250. The van der Waals surface area contributed by atoms with Crippen LogP contribution in [-0.4, -0.2) is 32.4 Å². The molecule has 1 unspecified atom stereocenters.